The monoisotopic (exact) mass is 463 g/mol. The maximum atomic E-state index is 13.8. The number of carbonyl (C=O) groups is 1. The summed E-state index contributed by atoms with van der Waals surface area (Å²) in [5.41, 5.74) is 3.96. The number of cyclic esters (lactones) is 1. The van der Waals surface area contributed by atoms with Gasteiger partial charge in [0.1, 0.15) is 17.7 Å². The average molecular weight is 464 g/mol. The molecule has 34 heavy (non-hydrogen) atoms. The first kappa shape index (κ1) is 22.7. The molecule has 0 amide bonds. The largest absolute Gasteiger partial charge is 0.462 e. The molecular weight excluding hydrogens is 433 g/mol. The molecule has 0 radical (unpaired) electrons. The molecular formula is C27H30FN3O3. The van der Waals surface area contributed by atoms with Crippen LogP contribution in [0.5, 0.6) is 0 Å². The first-order valence-corrected chi connectivity index (χ1v) is 12.0. The summed E-state index contributed by atoms with van der Waals surface area (Å²) in [7, 11) is 2.12. The number of aromatic nitrogens is 1. The molecule has 7 heteroatoms. The number of halogens is 1. The molecule has 0 saturated carbocycles. The predicted molar refractivity (Wildman–Crippen MR) is 130 cm³/mol. The molecule has 178 valence electrons. The zero-order valence-electron chi connectivity index (χ0n) is 19.4. The van der Waals surface area contributed by atoms with E-state index in [1.54, 1.807) is 0 Å². The van der Waals surface area contributed by atoms with Crippen molar-refractivity contribution in [3.8, 4) is 11.1 Å². The van der Waals surface area contributed by atoms with Gasteiger partial charge in [-0.2, -0.15) is 0 Å². The minimum Gasteiger partial charge on any atom is -0.462 e. The van der Waals surface area contributed by atoms with Crippen LogP contribution in [0.2, 0.25) is 0 Å². The van der Waals surface area contributed by atoms with Crippen LogP contribution < -0.4 is 4.90 Å². The maximum Gasteiger partial charge on any atom is 0.308 e. The highest BCUT2D eigenvalue weighted by atomic mass is 19.1. The van der Waals surface area contributed by atoms with Crippen molar-refractivity contribution in [2.24, 2.45) is 0 Å². The normalized spacial score (nSPS) is 21.6. The Kier molecular flexibility index (Phi) is 6.48. The van der Waals surface area contributed by atoms with Crippen LogP contribution in [-0.2, 0) is 16.0 Å². The molecule has 2 atom stereocenters. The summed E-state index contributed by atoms with van der Waals surface area (Å²) in [5, 5.41) is 11.1. The Labute approximate surface area is 199 Å². The van der Waals surface area contributed by atoms with Crippen molar-refractivity contribution >= 4 is 22.7 Å². The van der Waals surface area contributed by atoms with E-state index in [4.69, 9.17) is 9.72 Å². The fourth-order valence-corrected chi connectivity index (χ4v) is 5.04. The molecule has 1 N–H and O–H groups in total. The van der Waals surface area contributed by atoms with Gasteiger partial charge < -0.3 is 19.6 Å². The molecule has 5 rings (SSSR count). The van der Waals surface area contributed by atoms with Crippen LogP contribution in [0.4, 0.5) is 10.2 Å². The zero-order chi connectivity index (χ0) is 23.7. The number of aliphatic hydroxyl groups excluding tert-OH is 1. The highest BCUT2D eigenvalue weighted by Gasteiger charge is 2.29. The molecule has 2 aliphatic rings. The number of esters is 1. The summed E-state index contributed by atoms with van der Waals surface area (Å²) in [6, 6.07) is 14.7. The number of hydrogen-bond donors (Lipinski definition) is 1. The van der Waals surface area contributed by atoms with Crippen LogP contribution in [0.15, 0.2) is 48.5 Å². The molecule has 2 aromatic carbocycles. The van der Waals surface area contributed by atoms with Gasteiger partial charge in [-0.15, -0.1) is 0 Å². The van der Waals surface area contributed by atoms with Crippen molar-refractivity contribution in [3.05, 3.63) is 59.9 Å². The summed E-state index contributed by atoms with van der Waals surface area (Å²) >= 11 is 0. The topological polar surface area (TPSA) is 65.9 Å². The highest BCUT2D eigenvalue weighted by Crippen LogP contribution is 2.38. The van der Waals surface area contributed by atoms with E-state index >= 15 is 0 Å². The number of ether oxygens (including phenoxy) is 1. The average Bonchev–Trinajstić information content (AvgIpc) is 2.82. The van der Waals surface area contributed by atoms with Crippen LogP contribution in [0.25, 0.3) is 22.0 Å². The van der Waals surface area contributed by atoms with Gasteiger partial charge in [0.2, 0.25) is 0 Å². The van der Waals surface area contributed by atoms with Gasteiger partial charge in [0.25, 0.3) is 0 Å². The number of hydrogen-bond acceptors (Lipinski definition) is 6. The van der Waals surface area contributed by atoms with Crippen LogP contribution in [0.3, 0.4) is 0 Å². The minimum atomic E-state index is -0.658. The predicted octanol–water partition coefficient (Wildman–Crippen LogP) is 3.79. The Morgan fingerprint density at radius 2 is 1.82 bits per heavy atom. The smallest absolute Gasteiger partial charge is 0.308 e. The lowest BCUT2D eigenvalue weighted by atomic mass is 9.91. The number of pyridine rings is 1. The molecule has 3 heterocycles. The Balaban J connectivity index is 1.61. The van der Waals surface area contributed by atoms with Gasteiger partial charge in [0.05, 0.1) is 18.0 Å². The number of carbonyl (C=O) groups excluding carboxylic acids is 1. The number of rotatable bonds is 5. The molecule has 2 saturated heterocycles. The SMILES string of the molecule is CN1CCN(c2nc3ccccc3c(-c3ccc(F)cc3)c2CC[C@@H]2C[C@H](O)CC(=O)O2)CC1. The number of piperazine rings is 1. The lowest BCUT2D eigenvalue weighted by Gasteiger charge is -2.35. The second kappa shape index (κ2) is 9.68. The van der Waals surface area contributed by atoms with Gasteiger partial charge in [-0.05, 0) is 49.2 Å². The number of benzene rings is 2. The molecule has 0 bridgehead atoms. The van der Waals surface area contributed by atoms with Gasteiger partial charge in [0.15, 0.2) is 0 Å². The lowest BCUT2D eigenvalue weighted by Crippen LogP contribution is -2.45. The molecule has 6 nitrogen and oxygen atoms in total. The Hall–Kier alpha value is -3.03. The third-order valence-corrected chi connectivity index (χ3v) is 6.86. The number of fused-ring (bicyclic) bond motifs is 1. The van der Waals surface area contributed by atoms with Crippen LogP contribution in [0.1, 0.15) is 24.8 Å². The number of para-hydroxylation sites is 1. The fraction of sp³-hybridized carbons (Fsp3) is 0.407. The third-order valence-electron chi connectivity index (χ3n) is 6.86. The zero-order valence-corrected chi connectivity index (χ0v) is 19.4. The summed E-state index contributed by atoms with van der Waals surface area (Å²) in [5.74, 6) is 0.318. The van der Waals surface area contributed by atoms with Crippen molar-refractivity contribution in [2.75, 3.05) is 38.1 Å². The number of aliphatic hydroxyl groups is 1. The molecule has 0 aliphatic carbocycles. The Morgan fingerprint density at radius 3 is 2.56 bits per heavy atom. The second-order valence-electron chi connectivity index (χ2n) is 9.35. The molecule has 2 aliphatic heterocycles. The molecule has 3 aromatic rings. The summed E-state index contributed by atoms with van der Waals surface area (Å²) < 4.78 is 19.3. The Bertz CT molecular complexity index is 1180. The Morgan fingerprint density at radius 1 is 1.09 bits per heavy atom. The lowest BCUT2D eigenvalue weighted by molar-refractivity contribution is -0.160. The highest BCUT2D eigenvalue weighted by molar-refractivity contribution is 5.98. The summed E-state index contributed by atoms with van der Waals surface area (Å²) in [6.45, 7) is 3.64. The summed E-state index contributed by atoms with van der Waals surface area (Å²) in [4.78, 5) is 21.6. The molecule has 0 unspecified atom stereocenters. The van der Waals surface area contributed by atoms with Gasteiger partial charge in [0, 0.05) is 43.5 Å². The van der Waals surface area contributed by atoms with Crippen molar-refractivity contribution in [1.82, 2.24) is 9.88 Å². The first-order chi connectivity index (χ1) is 16.5. The molecule has 0 spiro atoms. The van der Waals surface area contributed by atoms with E-state index in [0.29, 0.717) is 19.3 Å². The minimum absolute atomic E-state index is 0.0569. The van der Waals surface area contributed by atoms with E-state index in [9.17, 15) is 14.3 Å². The summed E-state index contributed by atoms with van der Waals surface area (Å²) in [6.07, 6.45) is 0.747. The fourth-order valence-electron chi connectivity index (χ4n) is 5.04. The van der Waals surface area contributed by atoms with Gasteiger partial charge in [-0.1, -0.05) is 30.3 Å². The molecule has 2 fully saturated rings. The van der Waals surface area contributed by atoms with Gasteiger partial charge in [-0.3, -0.25) is 4.79 Å². The van der Waals surface area contributed by atoms with Crippen molar-refractivity contribution in [2.45, 2.75) is 37.9 Å². The first-order valence-electron chi connectivity index (χ1n) is 12.0. The van der Waals surface area contributed by atoms with Crippen molar-refractivity contribution in [3.63, 3.8) is 0 Å². The van der Waals surface area contributed by atoms with E-state index in [1.807, 2.05) is 30.3 Å². The number of likely N-dealkylation sites (N-methyl/N-ethyl adjacent to an activating group) is 1. The maximum absolute atomic E-state index is 13.8. The van der Waals surface area contributed by atoms with Crippen molar-refractivity contribution in [1.29, 1.82) is 0 Å². The van der Waals surface area contributed by atoms with Gasteiger partial charge in [-0.25, -0.2) is 9.37 Å². The number of nitrogens with zero attached hydrogens (tertiary/aromatic N) is 3. The second-order valence-corrected chi connectivity index (χ2v) is 9.35. The van der Waals surface area contributed by atoms with E-state index in [1.165, 1.54) is 12.1 Å². The molecule has 1 aromatic heterocycles. The quantitative estimate of drug-likeness (QED) is 0.581. The van der Waals surface area contributed by atoms with Crippen LogP contribution in [0, 0.1) is 5.82 Å². The van der Waals surface area contributed by atoms with Crippen molar-refractivity contribution < 1.29 is 19.0 Å². The van der Waals surface area contributed by atoms with E-state index in [2.05, 4.69) is 22.9 Å². The number of anilines is 1. The van der Waals surface area contributed by atoms with Crippen LogP contribution in [-0.4, -0.2) is 66.4 Å². The van der Waals surface area contributed by atoms with Crippen LogP contribution >= 0.6 is 0 Å². The van der Waals surface area contributed by atoms with E-state index in [0.717, 1.165) is 59.6 Å². The van der Waals surface area contributed by atoms with Gasteiger partial charge >= 0.3 is 5.97 Å². The standard InChI is InChI=1S/C27H30FN3O3/c1-30-12-14-31(15-13-30)27-23(11-10-21-16-20(32)17-25(33)34-21)26(18-6-8-19(28)9-7-18)22-4-2-3-5-24(22)29-27/h2-9,20-21,32H,10-17H2,1H3/t20-,21+/m0/s1. The van der Waals surface area contributed by atoms with E-state index < -0.39 is 6.10 Å². The van der Waals surface area contributed by atoms with E-state index in [-0.39, 0.29) is 24.3 Å². The third kappa shape index (κ3) is 4.76.